The van der Waals surface area contributed by atoms with Crippen LogP contribution < -0.4 is 11.1 Å². The highest BCUT2D eigenvalue weighted by atomic mass is 15.2. The van der Waals surface area contributed by atoms with Crippen LogP contribution in [0.15, 0.2) is 6.20 Å². The highest BCUT2D eigenvalue weighted by Crippen LogP contribution is 2.05. The summed E-state index contributed by atoms with van der Waals surface area (Å²) in [4.78, 5) is 4.04. The second-order valence-corrected chi connectivity index (χ2v) is 2.63. The van der Waals surface area contributed by atoms with Crippen LogP contribution in [-0.4, -0.2) is 16.1 Å². The van der Waals surface area contributed by atoms with Crippen molar-refractivity contribution >= 4 is 5.95 Å². The molecule has 0 bridgehead atoms. The predicted octanol–water partition coefficient (Wildman–Crippen LogP) is 0.595. The van der Waals surface area contributed by atoms with Crippen molar-refractivity contribution in [3.8, 4) is 0 Å². The molecule has 0 aromatic carbocycles. The molecule has 0 aliphatic carbocycles. The first-order valence-electron chi connectivity index (χ1n) is 4.30. The largest absolute Gasteiger partial charge is 0.369 e. The van der Waals surface area contributed by atoms with Gasteiger partial charge in [0.1, 0.15) is 0 Å². The van der Waals surface area contributed by atoms with Gasteiger partial charge in [0.2, 0.25) is 0 Å². The molecule has 0 spiro atoms. The number of nitrogens with two attached hydrogens (primary N) is 1. The van der Waals surface area contributed by atoms with E-state index in [1.807, 2.05) is 10.8 Å². The van der Waals surface area contributed by atoms with Crippen LogP contribution in [0.25, 0.3) is 0 Å². The number of aromatic nitrogens is 2. The Balaban J connectivity index is 2.70. The molecular formula is C8H16N4. The molecule has 4 nitrogen and oxygen atoms in total. The van der Waals surface area contributed by atoms with Gasteiger partial charge >= 0.3 is 0 Å². The molecular weight excluding hydrogens is 152 g/mol. The molecule has 0 aliphatic rings. The fraction of sp³-hybridized carbons (Fsp3) is 0.625. The first-order valence-corrected chi connectivity index (χ1v) is 4.30. The lowest BCUT2D eigenvalue weighted by molar-refractivity contribution is 0.650. The smallest absolute Gasteiger partial charge is 0.200 e. The zero-order valence-electron chi connectivity index (χ0n) is 7.67. The number of nitrogens with one attached hydrogen (secondary N) is 1. The van der Waals surface area contributed by atoms with E-state index in [9.17, 15) is 0 Å². The Morgan fingerprint density at radius 2 is 2.33 bits per heavy atom. The minimum Gasteiger partial charge on any atom is -0.369 e. The molecule has 0 saturated heterocycles. The first kappa shape index (κ1) is 9.06. The molecule has 0 unspecified atom stereocenters. The molecule has 1 aromatic rings. The van der Waals surface area contributed by atoms with E-state index in [0.717, 1.165) is 25.3 Å². The molecule has 1 heterocycles. The number of nitrogens with zero attached hydrogens (tertiary/aromatic N) is 2. The van der Waals surface area contributed by atoms with Crippen molar-refractivity contribution < 1.29 is 0 Å². The Morgan fingerprint density at radius 3 is 2.92 bits per heavy atom. The molecule has 0 radical (unpaired) electrons. The number of rotatable bonds is 4. The number of imidazole rings is 1. The van der Waals surface area contributed by atoms with E-state index in [2.05, 4.69) is 24.1 Å². The second kappa shape index (κ2) is 4.11. The van der Waals surface area contributed by atoms with Crippen LogP contribution in [0.1, 0.15) is 19.5 Å². The number of hydrogen-bond acceptors (Lipinski definition) is 3. The lowest BCUT2D eigenvalue weighted by atomic mass is 10.4. The van der Waals surface area contributed by atoms with Crippen LogP contribution in [0.2, 0.25) is 0 Å². The molecule has 0 atom stereocenters. The van der Waals surface area contributed by atoms with Crippen molar-refractivity contribution in [2.45, 2.75) is 26.9 Å². The fourth-order valence-electron chi connectivity index (χ4n) is 1.19. The van der Waals surface area contributed by atoms with Crippen molar-refractivity contribution in [1.82, 2.24) is 14.9 Å². The van der Waals surface area contributed by atoms with Gasteiger partial charge in [-0.15, -0.1) is 0 Å². The van der Waals surface area contributed by atoms with E-state index < -0.39 is 0 Å². The molecule has 0 fully saturated rings. The number of nitrogen functional groups attached to an aromatic ring is 1. The van der Waals surface area contributed by atoms with Crippen LogP contribution in [0.4, 0.5) is 5.95 Å². The lowest BCUT2D eigenvalue weighted by Crippen LogP contribution is -2.15. The third-order valence-corrected chi connectivity index (χ3v) is 1.84. The van der Waals surface area contributed by atoms with E-state index in [0.29, 0.717) is 5.95 Å². The summed E-state index contributed by atoms with van der Waals surface area (Å²) in [5, 5.41) is 3.24. The molecule has 1 aromatic heterocycles. The van der Waals surface area contributed by atoms with Gasteiger partial charge in [-0.25, -0.2) is 4.98 Å². The van der Waals surface area contributed by atoms with Crippen LogP contribution >= 0.6 is 0 Å². The van der Waals surface area contributed by atoms with Gasteiger partial charge in [-0.05, 0) is 13.5 Å². The summed E-state index contributed by atoms with van der Waals surface area (Å²) in [6, 6.07) is 0. The Bertz CT molecular complexity index is 241. The number of anilines is 1. The summed E-state index contributed by atoms with van der Waals surface area (Å²) in [5.41, 5.74) is 6.80. The summed E-state index contributed by atoms with van der Waals surface area (Å²) in [6.45, 7) is 6.83. The van der Waals surface area contributed by atoms with Crippen molar-refractivity contribution in [1.29, 1.82) is 0 Å². The Labute approximate surface area is 72.8 Å². The van der Waals surface area contributed by atoms with Gasteiger partial charge in [-0.1, -0.05) is 6.92 Å². The summed E-state index contributed by atoms with van der Waals surface area (Å²) >= 11 is 0. The Morgan fingerprint density at radius 1 is 1.58 bits per heavy atom. The maximum atomic E-state index is 5.65. The Hall–Kier alpha value is -1.03. The third kappa shape index (κ3) is 1.76. The molecule has 68 valence electrons. The van der Waals surface area contributed by atoms with Gasteiger partial charge in [-0.2, -0.15) is 0 Å². The SMILES string of the molecule is CCNCc1cnc(N)n1CC. The van der Waals surface area contributed by atoms with Crippen LogP contribution in [0.5, 0.6) is 0 Å². The Kier molecular flexibility index (Phi) is 3.10. The van der Waals surface area contributed by atoms with Gasteiger partial charge in [0.15, 0.2) is 5.95 Å². The van der Waals surface area contributed by atoms with E-state index >= 15 is 0 Å². The maximum absolute atomic E-state index is 5.65. The highest BCUT2D eigenvalue weighted by molar-refractivity contribution is 5.22. The van der Waals surface area contributed by atoms with Crippen molar-refractivity contribution in [3.63, 3.8) is 0 Å². The average molecular weight is 168 g/mol. The standard InChI is InChI=1S/C8H16N4/c1-3-10-5-7-6-11-8(9)12(7)4-2/h6,10H,3-5H2,1-2H3,(H2,9,11). The minimum atomic E-state index is 0.602. The zero-order valence-corrected chi connectivity index (χ0v) is 7.67. The van der Waals surface area contributed by atoms with E-state index in [1.54, 1.807) is 0 Å². The topological polar surface area (TPSA) is 55.9 Å². The monoisotopic (exact) mass is 168 g/mol. The quantitative estimate of drug-likeness (QED) is 0.692. The van der Waals surface area contributed by atoms with E-state index in [4.69, 9.17) is 5.73 Å². The average Bonchev–Trinajstić information content (AvgIpc) is 2.43. The van der Waals surface area contributed by atoms with Crippen LogP contribution in [0, 0.1) is 0 Å². The molecule has 3 N–H and O–H groups in total. The van der Waals surface area contributed by atoms with Gasteiger partial charge < -0.3 is 15.6 Å². The van der Waals surface area contributed by atoms with Gasteiger partial charge in [0.05, 0.1) is 11.9 Å². The van der Waals surface area contributed by atoms with Crippen molar-refractivity contribution in [2.75, 3.05) is 12.3 Å². The lowest BCUT2D eigenvalue weighted by Gasteiger charge is -2.06. The third-order valence-electron chi connectivity index (χ3n) is 1.84. The summed E-state index contributed by atoms with van der Waals surface area (Å²) in [6.07, 6.45) is 1.82. The second-order valence-electron chi connectivity index (χ2n) is 2.63. The zero-order chi connectivity index (χ0) is 8.97. The maximum Gasteiger partial charge on any atom is 0.200 e. The van der Waals surface area contributed by atoms with Gasteiger partial charge in [0, 0.05) is 13.1 Å². The van der Waals surface area contributed by atoms with E-state index in [-0.39, 0.29) is 0 Å². The number of hydrogen-bond donors (Lipinski definition) is 2. The van der Waals surface area contributed by atoms with Gasteiger partial charge in [0.25, 0.3) is 0 Å². The predicted molar refractivity (Wildman–Crippen MR) is 49.7 cm³/mol. The molecule has 4 heteroatoms. The van der Waals surface area contributed by atoms with Crippen LogP contribution in [0.3, 0.4) is 0 Å². The summed E-state index contributed by atoms with van der Waals surface area (Å²) in [5.74, 6) is 0.602. The normalized spacial score (nSPS) is 10.5. The highest BCUT2D eigenvalue weighted by Gasteiger charge is 2.03. The minimum absolute atomic E-state index is 0.602. The first-order chi connectivity index (χ1) is 5.79. The van der Waals surface area contributed by atoms with Crippen molar-refractivity contribution in [3.05, 3.63) is 11.9 Å². The molecule has 0 aliphatic heterocycles. The summed E-state index contributed by atoms with van der Waals surface area (Å²) < 4.78 is 2.00. The fourth-order valence-corrected chi connectivity index (χ4v) is 1.19. The van der Waals surface area contributed by atoms with Crippen LogP contribution in [-0.2, 0) is 13.1 Å². The molecule has 0 saturated carbocycles. The molecule has 12 heavy (non-hydrogen) atoms. The molecule has 1 rings (SSSR count). The van der Waals surface area contributed by atoms with Gasteiger partial charge in [-0.3, -0.25) is 0 Å². The molecule has 0 amide bonds. The van der Waals surface area contributed by atoms with Crippen molar-refractivity contribution in [2.24, 2.45) is 0 Å². The summed E-state index contributed by atoms with van der Waals surface area (Å²) in [7, 11) is 0. The van der Waals surface area contributed by atoms with E-state index in [1.165, 1.54) is 0 Å².